The van der Waals surface area contributed by atoms with Gasteiger partial charge in [-0.1, -0.05) is 18.2 Å². The summed E-state index contributed by atoms with van der Waals surface area (Å²) in [5.41, 5.74) is 10.2. The van der Waals surface area contributed by atoms with Crippen molar-refractivity contribution in [3.8, 4) is 0 Å². The monoisotopic (exact) mass is 305 g/mol. The van der Waals surface area contributed by atoms with E-state index in [2.05, 4.69) is 56.4 Å². The number of benzene rings is 1. The van der Waals surface area contributed by atoms with E-state index < -0.39 is 0 Å². The van der Waals surface area contributed by atoms with E-state index in [0.29, 0.717) is 0 Å². The van der Waals surface area contributed by atoms with Crippen LogP contribution in [0.2, 0.25) is 0 Å². The highest BCUT2D eigenvalue weighted by Crippen LogP contribution is 2.44. The maximum Gasteiger partial charge on any atom is 0.0506 e. The molecule has 0 spiro atoms. The van der Waals surface area contributed by atoms with Gasteiger partial charge >= 0.3 is 0 Å². The van der Waals surface area contributed by atoms with Gasteiger partial charge in [0.05, 0.1) is 5.54 Å². The van der Waals surface area contributed by atoms with Gasteiger partial charge in [0.2, 0.25) is 0 Å². The van der Waals surface area contributed by atoms with Crippen molar-refractivity contribution < 1.29 is 0 Å². The van der Waals surface area contributed by atoms with Crippen molar-refractivity contribution in [2.45, 2.75) is 64.8 Å². The summed E-state index contributed by atoms with van der Waals surface area (Å²) in [7, 11) is 0. The summed E-state index contributed by atoms with van der Waals surface area (Å²) in [6.07, 6.45) is 14.8. The summed E-state index contributed by atoms with van der Waals surface area (Å²) in [6.45, 7) is 6.79. The predicted octanol–water partition coefficient (Wildman–Crippen LogP) is 6.43. The number of rotatable bonds is 2. The molecule has 0 aromatic heterocycles. The van der Waals surface area contributed by atoms with E-state index in [4.69, 9.17) is 0 Å². The second kappa shape index (κ2) is 5.40. The van der Waals surface area contributed by atoms with Gasteiger partial charge in [-0.05, 0) is 93.7 Å². The fourth-order valence-electron chi connectivity index (χ4n) is 4.35. The summed E-state index contributed by atoms with van der Waals surface area (Å²) in [5, 5.41) is 3.79. The lowest BCUT2D eigenvalue weighted by atomic mass is 9.85. The lowest BCUT2D eigenvalue weighted by Crippen LogP contribution is -2.32. The van der Waals surface area contributed by atoms with E-state index in [1.54, 1.807) is 11.1 Å². The van der Waals surface area contributed by atoms with Gasteiger partial charge in [0.1, 0.15) is 0 Å². The van der Waals surface area contributed by atoms with Gasteiger partial charge in [-0.25, -0.2) is 0 Å². The first kappa shape index (κ1) is 14.8. The first-order chi connectivity index (χ1) is 11.0. The molecule has 3 aliphatic rings. The summed E-state index contributed by atoms with van der Waals surface area (Å²) < 4.78 is 0. The molecule has 0 bridgehead atoms. The third kappa shape index (κ3) is 2.67. The standard InChI is InChI=1S/C22H27N/c1-15-14-22(2,3)23-21-19(15)12-18(16-8-4-5-9-16)13-20(21)17-10-6-7-11-17/h8,10,12-14,23H,4-7,9,11H2,1-3H3. The highest BCUT2D eigenvalue weighted by molar-refractivity contribution is 5.91. The quantitative estimate of drug-likeness (QED) is 0.664. The fraction of sp³-hybridized carbons (Fsp3) is 0.455. The molecular formula is C22H27N. The zero-order valence-corrected chi connectivity index (χ0v) is 14.6. The molecule has 1 heterocycles. The van der Waals surface area contributed by atoms with Crippen molar-refractivity contribution in [2.24, 2.45) is 0 Å². The molecule has 120 valence electrons. The first-order valence-corrected chi connectivity index (χ1v) is 9.08. The molecule has 0 radical (unpaired) electrons. The zero-order valence-electron chi connectivity index (χ0n) is 14.6. The van der Waals surface area contributed by atoms with Crippen molar-refractivity contribution in [1.29, 1.82) is 0 Å². The third-order valence-electron chi connectivity index (χ3n) is 5.39. The van der Waals surface area contributed by atoms with Crippen LogP contribution in [0.5, 0.6) is 0 Å². The topological polar surface area (TPSA) is 12.0 Å². The van der Waals surface area contributed by atoms with Gasteiger partial charge in [0.25, 0.3) is 0 Å². The van der Waals surface area contributed by atoms with Crippen LogP contribution < -0.4 is 5.32 Å². The Labute approximate surface area is 140 Å². The van der Waals surface area contributed by atoms with Crippen LogP contribution in [0.4, 0.5) is 5.69 Å². The van der Waals surface area contributed by atoms with Gasteiger partial charge < -0.3 is 5.32 Å². The molecule has 1 aromatic carbocycles. The van der Waals surface area contributed by atoms with Crippen LogP contribution in [0.25, 0.3) is 16.7 Å². The molecule has 0 unspecified atom stereocenters. The lowest BCUT2D eigenvalue weighted by Gasteiger charge is -2.34. The van der Waals surface area contributed by atoms with Gasteiger partial charge in [-0.15, -0.1) is 0 Å². The molecule has 4 rings (SSSR count). The molecule has 1 N–H and O–H groups in total. The average Bonchev–Trinajstić information content (AvgIpc) is 3.19. The van der Waals surface area contributed by atoms with Crippen LogP contribution in [0.1, 0.15) is 76.0 Å². The Morgan fingerprint density at radius 2 is 1.57 bits per heavy atom. The number of hydrogen-bond donors (Lipinski definition) is 1. The van der Waals surface area contributed by atoms with Crippen molar-refractivity contribution >= 4 is 22.4 Å². The number of fused-ring (bicyclic) bond motifs is 1. The summed E-state index contributed by atoms with van der Waals surface area (Å²) in [4.78, 5) is 0. The van der Waals surface area contributed by atoms with Crippen LogP contribution in [0, 0.1) is 0 Å². The summed E-state index contributed by atoms with van der Waals surface area (Å²) in [5.74, 6) is 0. The number of hydrogen-bond acceptors (Lipinski definition) is 1. The summed E-state index contributed by atoms with van der Waals surface area (Å²) >= 11 is 0. The first-order valence-electron chi connectivity index (χ1n) is 9.08. The Kier molecular flexibility index (Phi) is 3.48. The highest BCUT2D eigenvalue weighted by atomic mass is 15.0. The largest absolute Gasteiger partial charge is 0.376 e. The van der Waals surface area contributed by atoms with Crippen molar-refractivity contribution in [2.75, 3.05) is 5.32 Å². The molecular weight excluding hydrogens is 278 g/mol. The van der Waals surface area contributed by atoms with E-state index >= 15 is 0 Å². The fourth-order valence-corrected chi connectivity index (χ4v) is 4.35. The van der Waals surface area contributed by atoms with E-state index in [1.807, 2.05) is 0 Å². The predicted molar refractivity (Wildman–Crippen MR) is 101 cm³/mol. The molecule has 0 amide bonds. The molecule has 0 saturated heterocycles. The van der Waals surface area contributed by atoms with Gasteiger partial charge in [-0.2, -0.15) is 0 Å². The highest BCUT2D eigenvalue weighted by Gasteiger charge is 2.27. The van der Waals surface area contributed by atoms with Crippen molar-refractivity contribution in [3.05, 3.63) is 47.1 Å². The van der Waals surface area contributed by atoms with E-state index in [1.165, 1.54) is 66.5 Å². The molecule has 0 saturated carbocycles. The van der Waals surface area contributed by atoms with Crippen molar-refractivity contribution in [1.82, 2.24) is 0 Å². The third-order valence-corrected chi connectivity index (χ3v) is 5.39. The van der Waals surface area contributed by atoms with E-state index in [0.717, 1.165) is 0 Å². The van der Waals surface area contributed by atoms with Crippen LogP contribution in [0.15, 0.2) is 30.4 Å². The second-order valence-corrected chi connectivity index (χ2v) is 7.86. The minimum Gasteiger partial charge on any atom is -0.376 e. The van der Waals surface area contributed by atoms with Gasteiger partial charge in [0, 0.05) is 16.8 Å². The Bertz CT molecular complexity index is 743. The number of nitrogens with one attached hydrogen (secondary N) is 1. The summed E-state index contributed by atoms with van der Waals surface area (Å²) in [6, 6.07) is 4.87. The van der Waals surface area contributed by atoms with Crippen LogP contribution in [0.3, 0.4) is 0 Å². The molecule has 1 aliphatic heterocycles. The molecule has 1 heteroatoms. The van der Waals surface area contributed by atoms with E-state index in [-0.39, 0.29) is 5.54 Å². The molecule has 2 aliphatic carbocycles. The van der Waals surface area contributed by atoms with Gasteiger partial charge in [0.15, 0.2) is 0 Å². The molecule has 23 heavy (non-hydrogen) atoms. The minimum atomic E-state index is 0.0269. The maximum absolute atomic E-state index is 3.79. The van der Waals surface area contributed by atoms with Crippen LogP contribution in [-0.2, 0) is 0 Å². The van der Waals surface area contributed by atoms with E-state index in [9.17, 15) is 0 Å². The smallest absolute Gasteiger partial charge is 0.0506 e. The number of anilines is 1. The Morgan fingerprint density at radius 3 is 2.22 bits per heavy atom. The van der Waals surface area contributed by atoms with Crippen LogP contribution >= 0.6 is 0 Å². The zero-order chi connectivity index (χ0) is 16.0. The number of allylic oxidation sites excluding steroid dienone is 5. The minimum absolute atomic E-state index is 0.0269. The second-order valence-electron chi connectivity index (χ2n) is 7.86. The van der Waals surface area contributed by atoms with Crippen LogP contribution in [-0.4, -0.2) is 5.54 Å². The Morgan fingerprint density at radius 1 is 0.913 bits per heavy atom. The normalized spacial score (nSPS) is 22.1. The molecule has 1 aromatic rings. The van der Waals surface area contributed by atoms with Gasteiger partial charge in [-0.3, -0.25) is 0 Å². The molecule has 1 nitrogen and oxygen atoms in total. The molecule has 0 atom stereocenters. The lowest BCUT2D eigenvalue weighted by molar-refractivity contribution is 0.707. The molecule has 0 fully saturated rings. The van der Waals surface area contributed by atoms with Crippen molar-refractivity contribution in [3.63, 3.8) is 0 Å². The SMILES string of the molecule is CC1=CC(C)(C)Nc2c1cc(C1=CCCC1)cc2C1=CCCC1. The Balaban J connectivity index is 1.91. The average molecular weight is 305 g/mol. The maximum atomic E-state index is 3.79. The Hall–Kier alpha value is -1.76.